The third-order valence-electron chi connectivity index (χ3n) is 3.34. The van der Waals surface area contributed by atoms with E-state index in [1.165, 1.54) is 12.1 Å². The maximum absolute atomic E-state index is 12.7. The van der Waals surface area contributed by atoms with E-state index in [1.807, 2.05) is 13.8 Å². The third-order valence-corrected chi connectivity index (χ3v) is 3.34. The van der Waals surface area contributed by atoms with Crippen molar-refractivity contribution in [2.24, 2.45) is 4.99 Å². The number of benzene rings is 1. The van der Waals surface area contributed by atoms with Gasteiger partial charge in [-0.2, -0.15) is 13.2 Å². The largest absolute Gasteiger partial charge is 0.492 e. The molecule has 0 aliphatic rings. The Bertz CT molecular complexity index is 543. The molecule has 5 nitrogen and oxygen atoms in total. The van der Waals surface area contributed by atoms with Gasteiger partial charge in [0.15, 0.2) is 5.96 Å². The van der Waals surface area contributed by atoms with Crippen LogP contribution < -0.4 is 15.4 Å². The molecule has 0 heterocycles. The summed E-state index contributed by atoms with van der Waals surface area (Å²) in [5.41, 5.74) is -0.718. The molecule has 0 atom stereocenters. The van der Waals surface area contributed by atoms with Gasteiger partial charge in [-0.15, -0.1) is 24.0 Å². The molecule has 1 rings (SSSR count). The van der Waals surface area contributed by atoms with Crippen molar-refractivity contribution in [3.05, 3.63) is 29.8 Å². The molecule has 0 spiro atoms. The first-order chi connectivity index (χ1) is 12.5. The van der Waals surface area contributed by atoms with Crippen LogP contribution in [0.4, 0.5) is 13.2 Å². The number of aliphatic imine (C=N–C) groups is 1. The van der Waals surface area contributed by atoms with E-state index in [4.69, 9.17) is 9.47 Å². The molecule has 0 saturated carbocycles. The second kappa shape index (κ2) is 14.8. The minimum Gasteiger partial charge on any atom is -0.492 e. The molecule has 0 aromatic heterocycles. The summed E-state index contributed by atoms with van der Waals surface area (Å²) in [6, 6.07) is 4.86. The van der Waals surface area contributed by atoms with Crippen LogP contribution in [0.15, 0.2) is 29.3 Å². The van der Waals surface area contributed by atoms with Gasteiger partial charge in [0.1, 0.15) is 12.4 Å². The summed E-state index contributed by atoms with van der Waals surface area (Å²) >= 11 is 0. The molecule has 1 aromatic rings. The number of hydrogen-bond donors (Lipinski definition) is 2. The molecule has 0 bridgehead atoms. The zero-order chi connectivity index (χ0) is 19.3. The van der Waals surface area contributed by atoms with Gasteiger partial charge in [0.25, 0.3) is 0 Å². The molecule has 0 amide bonds. The summed E-state index contributed by atoms with van der Waals surface area (Å²) in [6.45, 7) is 7.45. The molecule has 0 saturated heterocycles. The van der Waals surface area contributed by atoms with Crippen LogP contribution in [0.2, 0.25) is 0 Å². The summed E-state index contributed by atoms with van der Waals surface area (Å²) < 4.78 is 48.6. The fourth-order valence-electron chi connectivity index (χ4n) is 2.09. The lowest BCUT2D eigenvalue weighted by atomic mass is 10.2. The molecule has 27 heavy (non-hydrogen) atoms. The van der Waals surface area contributed by atoms with E-state index in [9.17, 15) is 13.2 Å². The smallest absolute Gasteiger partial charge is 0.416 e. The minimum atomic E-state index is -4.37. The van der Waals surface area contributed by atoms with Crippen molar-refractivity contribution in [1.82, 2.24) is 10.6 Å². The van der Waals surface area contributed by atoms with Crippen molar-refractivity contribution in [1.29, 1.82) is 0 Å². The van der Waals surface area contributed by atoms with Crippen molar-refractivity contribution in [2.45, 2.75) is 32.9 Å². The van der Waals surface area contributed by atoms with Gasteiger partial charge in [-0.3, -0.25) is 4.99 Å². The summed E-state index contributed by atoms with van der Waals surface area (Å²) in [4.78, 5) is 4.44. The highest BCUT2D eigenvalue weighted by molar-refractivity contribution is 14.0. The predicted molar refractivity (Wildman–Crippen MR) is 112 cm³/mol. The van der Waals surface area contributed by atoms with Crippen molar-refractivity contribution < 1.29 is 22.6 Å². The monoisotopic (exact) mass is 503 g/mol. The molecular formula is C18H29F3IN3O2. The predicted octanol–water partition coefficient (Wildman–Crippen LogP) is 4.07. The second-order valence-corrected chi connectivity index (χ2v) is 5.47. The Morgan fingerprint density at radius 2 is 1.89 bits per heavy atom. The first-order valence-electron chi connectivity index (χ1n) is 8.87. The SMILES string of the molecule is CCNC(=NCCCCOCC)NCCOc1cccc(C(F)(F)F)c1.I. The average molecular weight is 503 g/mol. The van der Waals surface area contributed by atoms with Gasteiger partial charge in [0.05, 0.1) is 12.1 Å². The number of halogens is 4. The summed E-state index contributed by atoms with van der Waals surface area (Å²) in [5, 5.41) is 6.21. The lowest BCUT2D eigenvalue weighted by Crippen LogP contribution is -2.39. The van der Waals surface area contributed by atoms with Crippen molar-refractivity contribution in [3.8, 4) is 5.75 Å². The molecule has 1 aromatic carbocycles. The van der Waals surface area contributed by atoms with E-state index in [2.05, 4.69) is 15.6 Å². The van der Waals surface area contributed by atoms with Crippen LogP contribution in [-0.4, -0.2) is 45.4 Å². The van der Waals surface area contributed by atoms with E-state index in [0.717, 1.165) is 44.7 Å². The molecule has 0 aliphatic heterocycles. The fraction of sp³-hybridized carbons (Fsp3) is 0.611. The molecular weight excluding hydrogens is 474 g/mol. The normalized spacial score (nSPS) is 11.7. The van der Waals surface area contributed by atoms with Gasteiger partial charge >= 0.3 is 6.18 Å². The Morgan fingerprint density at radius 3 is 2.56 bits per heavy atom. The highest BCUT2D eigenvalue weighted by Gasteiger charge is 2.30. The van der Waals surface area contributed by atoms with Crippen molar-refractivity contribution in [3.63, 3.8) is 0 Å². The molecule has 156 valence electrons. The summed E-state index contributed by atoms with van der Waals surface area (Å²) in [5.74, 6) is 0.857. The highest BCUT2D eigenvalue weighted by Crippen LogP contribution is 2.31. The fourth-order valence-corrected chi connectivity index (χ4v) is 2.09. The van der Waals surface area contributed by atoms with Gasteiger partial charge < -0.3 is 20.1 Å². The van der Waals surface area contributed by atoms with Crippen LogP contribution in [0.5, 0.6) is 5.75 Å². The standard InChI is InChI=1S/C18H28F3N3O2.HI/c1-3-22-17(23-10-5-6-12-25-4-2)24-11-13-26-16-9-7-8-15(14-16)18(19,20)21;/h7-9,14H,3-6,10-13H2,1-2H3,(H2,22,23,24);1H. The van der Waals surface area contributed by atoms with Crippen molar-refractivity contribution >= 4 is 29.9 Å². The number of nitrogens with one attached hydrogen (secondary N) is 2. The van der Waals surface area contributed by atoms with Crippen LogP contribution >= 0.6 is 24.0 Å². The average Bonchev–Trinajstić information content (AvgIpc) is 2.61. The van der Waals surface area contributed by atoms with E-state index in [-0.39, 0.29) is 36.3 Å². The lowest BCUT2D eigenvalue weighted by molar-refractivity contribution is -0.137. The van der Waals surface area contributed by atoms with E-state index in [1.54, 1.807) is 0 Å². The van der Waals surface area contributed by atoms with E-state index in [0.29, 0.717) is 19.0 Å². The maximum atomic E-state index is 12.7. The third kappa shape index (κ3) is 12.0. The molecule has 9 heteroatoms. The van der Waals surface area contributed by atoms with Gasteiger partial charge in [-0.1, -0.05) is 6.07 Å². The van der Waals surface area contributed by atoms with Gasteiger partial charge in [0.2, 0.25) is 0 Å². The first-order valence-corrected chi connectivity index (χ1v) is 8.87. The Labute approximate surface area is 176 Å². The number of rotatable bonds is 11. The molecule has 0 aliphatic carbocycles. The van der Waals surface area contributed by atoms with Crippen LogP contribution in [0.3, 0.4) is 0 Å². The maximum Gasteiger partial charge on any atom is 0.416 e. The van der Waals surface area contributed by atoms with Crippen LogP contribution in [0, 0.1) is 0 Å². The van der Waals surface area contributed by atoms with E-state index >= 15 is 0 Å². The van der Waals surface area contributed by atoms with Gasteiger partial charge in [0, 0.05) is 26.3 Å². The zero-order valence-electron chi connectivity index (χ0n) is 15.8. The molecule has 0 unspecified atom stereocenters. The molecule has 0 radical (unpaired) electrons. The molecule has 2 N–H and O–H groups in total. The topological polar surface area (TPSA) is 54.9 Å². The Hall–Kier alpha value is -1.23. The van der Waals surface area contributed by atoms with Crippen LogP contribution in [0.25, 0.3) is 0 Å². The number of hydrogen-bond acceptors (Lipinski definition) is 3. The number of alkyl halides is 3. The first kappa shape index (κ1) is 25.8. The Kier molecular flexibility index (Phi) is 14.1. The zero-order valence-corrected chi connectivity index (χ0v) is 18.1. The quantitative estimate of drug-likeness (QED) is 0.207. The van der Waals surface area contributed by atoms with Crippen LogP contribution in [0.1, 0.15) is 32.3 Å². The minimum absolute atomic E-state index is 0. The van der Waals surface area contributed by atoms with Crippen LogP contribution in [-0.2, 0) is 10.9 Å². The second-order valence-electron chi connectivity index (χ2n) is 5.47. The summed E-state index contributed by atoms with van der Waals surface area (Å²) in [6.07, 6.45) is -2.49. The number of ether oxygens (including phenoxy) is 2. The van der Waals surface area contributed by atoms with Gasteiger partial charge in [-0.05, 0) is 44.9 Å². The lowest BCUT2D eigenvalue weighted by Gasteiger charge is -2.13. The summed E-state index contributed by atoms with van der Waals surface area (Å²) in [7, 11) is 0. The van der Waals surface area contributed by atoms with E-state index < -0.39 is 11.7 Å². The number of guanidine groups is 1. The number of unbranched alkanes of at least 4 members (excludes halogenated alkanes) is 1. The molecule has 0 fully saturated rings. The highest BCUT2D eigenvalue weighted by atomic mass is 127. The Morgan fingerprint density at radius 1 is 1.11 bits per heavy atom. The van der Waals surface area contributed by atoms with Crippen molar-refractivity contribution in [2.75, 3.05) is 39.5 Å². The number of nitrogens with zero attached hydrogens (tertiary/aromatic N) is 1. The van der Waals surface area contributed by atoms with Gasteiger partial charge in [-0.25, -0.2) is 0 Å². The Balaban J connectivity index is 0.00000676.